The first kappa shape index (κ1) is 20.5. The van der Waals surface area contributed by atoms with Crippen molar-refractivity contribution in [3.63, 3.8) is 0 Å². The SMILES string of the molecule is CC(=O)Nc1ccc(CN2CCC[C@@H](c3nccnc3-c3cccc(Cl)c3)C2)cc1. The molecule has 1 amide bonds. The van der Waals surface area contributed by atoms with Crippen molar-refractivity contribution in [3.05, 3.63) is 77.2 Å². The average molecular weight is 421 g/mol. The molecule has 1 atom stereocenters. The number of nitrogens with zero attached hydrogens (tertiary/aromatic N) is 3. The molecule has 0 spiro atoms. The van der Waals surface area contributed by atoms with E-state index in [1.165, 1.54) is 12.5 Å². The van der Waals surface area contributed by atoms with Crippen LogP contribution in [0.4, 0.5) is 5.69 Å². The number of carbonyl (C=O) groups excluding carboxylic acids is 1. The second-order valence-corrected chi connectivity index (χ2v) is 8.19. The molecule has 0 radical (unpaired) electrons. The summed E-state index contributed by atoms with van der Waals surface area (Å²) < 4.78 is 0. The summed E-state index contributed by atoms with van der Waals surface area (Å²) >= 11 is 6.21. The second kappa shape index (κ2) is 9.37. The molecule has 1 aliphatic rings. The van der Waals surface area contributed by atoms with Crippen molar-refractivity contribution in [2.45, 2.75) is 32.2 Å². The Labute approximate surface area is 182 Å². The minimum Gasteiger partial charge on any atom is -0.326 e. The van der Waals surface area contributed by atoms with Gasteiger partial charge in [0.25, 0.3) is 0 Å². The summed E-state index contributed by atoms with van der Waals surface area (Å²) in [6.07, 6.45) is 5.75. The van der Waals surface area contributed by atoms with Crippen LogP contribution in [-0.2, 0) is 11.3 Å². The van der Waals surface area contributed by atoms with Gasteiger partial charge in [-0.05, 0) is 49.2 Å². The predicted octanol–water partition coefficient (Wildman–Crippen LogP) is 5.14. The molecule has 0 saturated carbocycles. The Morgan fingerprint density at radius 2 is 1.97 bits per heavy atom. The molecule has 154 valence electrons. The molecule has 0 aliphatic carbocycles. The molecule has 1 saturated heterocycles. The molecule has 1 fully saturated rings. The lowest BCUT2D eigenvalue weighted by molar-refractivity contribution is -0.114. The van der Waals surface area contributed by atoms with Crippen molar-refractivity contribution in [3.8, 4) is 11.3 Å². The van der Waals surface area contributed by atoms with Gasteiger partial charge in [0.15, 0.2) is 0 Å². The average Bonchev–Trinajstić information content (AvgIpc) is 2.75. The second-order valence-electron chi connectivity index (χ2n) is 7.75. The largest absolute Gasteiger partial charge is 0.326 e. The summed E-state index contributed by atoms with van der Waals surface area (Å²) in [4.78, 5) is 23.0. The first-order chi connectivity index (χ1) is 14.6. The van der Waals surface area contributed by atoms with Gasteiger partial charge in [-0.1, -0.05) is 35.9 Å². The van der Waals surface area contributed by atoms with Crippen LogP contribution in [-0.4, -0.2) is 33.9 Å². The van der Waals surface area contributed by atoms with E-state index in [0.717, 1.165) is 55.1 Å². The highest BCUT2D eigenvalue weighted by Crippen LogP contribution is 2.33. The van der Waals surface area contributed by atoms with E-state index in [2.05, 4.69) is 27.3 Å². The van der Waals surface area contributed by atoms with Crippen LogP contribution in [0.5, 0.6) is 0 Å². The molecule has 0 bridgehead atoms. The van der Waals surface area contributed by atoms with Crippen LogP contribution in [0.2, 0.25) is 5.02 Å². The van der Waals surface area contributed by atoms with Crippen LogP contribution >= 0.6 is 11.6 Å². The van der Waals surface area contributed by atoms with Crippen molar-refractivity contribution < 1.29 is 4.79 Å². The van der Waals surface area contributed by atoms with Crippen LogP contribution < -0.4 is 5.32 Å². The van der Waals surface area contributed by atoms with E-state index >= 15 is 0 Å². The maximum atomic E-state index is 11.2. The summed E-state index contributed by atoms with van der Waals surface area (Å²) in [5, 5.41) is 3.52. The zero-order chi connectivity index (χ0) is 20.9. The number of piperidine rings is 1. The third kappa shape index (κ3) is 5.04. The van der Waals surface area contributed by atoms with Crippen molar-refractivity contribution in [2.24, 2.45) is 0 Å². The van der Waals surface area contributed by atoms with Gasteiger partial charge < -0.3 is 5.32 Å². The monoisotopic (exact) mass is 420 g/mol. The number of hydrogen-bond acceptors (Lipinski definition) is 4. The van der Waals surface area contributed by atoms with E-state index in [4.69, 9.17) is 16.6 Å². The Bertz CT molecular complexity index is 1020. The Kier molecular flexibility index (Phi) is 6.41. The fraction of sp³-hybridized carbons (Fsp3) is 0.292. The van der Waals surface area contributed by atoms with Crippen LogP contribution in [0.3, 0.4) is 0 Å². The third-order valence-electron chi connectivity index (χ3n) is 5.40. The van der Waals surface area contributed by atoms with Gasteiger partial charge >= 0.3 is 0 Å². The third-order valence-corrected chi connectivity index (χ3v) is 5.63. The summed E-state index contributed by atoms with van der Waals surface area (Å²) in [5.41, 5.74) is 5.04. The molecular weight excluding hydrogens is 396 g/mol. The van der Waals surface area contributed by atoms with Crippen molar-refractivity contribution in [1.29, 1.82) is 0 Å². The van der Waals surface area contributed by atoms with Crippen LogP contribution in [0.25, 0.3) is 11.3 Å². The number of hydrogen-bond donors (Lipinski definition) is 1. The number of carbonyl (C=O) groups is 1. The van der Waals surface area contributed by atoms with E-state index in [9.17, 15) is 4.79 Å². The Balaban J connectivity index is 1.49. The van der Waals surface area contributed by atoms with Crippen molar-refractivity contribution >= 4 is 23.2 Å². The van der Waals surface area contributed by atoms with E-state index in [-0.39, 0.29) is 5.91 Å². The number of halogens is 1. The maximum Gasteiger partial charge on any atom is 0.221 e. The number of rotatable bonds is 5. The highest BCUT2D eigenvalue weighted by atomic mass is 35.5. The number of nitrogens with one attached hydrogen (secondary N) is 1. The number of aromatic nitrogens is 2. The molecule has 4 rings (SSSR count). The summed E-state index contributed by atoms with van der Waals surface area (Å²) in [5.74, 6) is 0.279. The predicted molar refractivity (Wildman–Crippen MR) is 120 cm³/mol. The fourth-order valence-electron chi connectivity index (χ4n) is 4.08. The van der Waals surface area contributed by atoms with E-state index in [0.29, 0.717) is 10.9 Å². The fourth-order valence-corrected chi connectivity index (χ4v) is 4.27. The quantitative estimate of drug-likeness (QED) is 0.621. The van der Waals surface area contributed by atoms with E-state index < -0.39 is 0 Å². The Morgan fingerprint density at radius 3 is 2.73 bits per heavy atom. The van der Waals surface area contributed by atoms with Crippen molar-refractivity contribution in [1.82, 2.24) is 14.9 Å². The van der Waals surface area contributed by atoms with Crippen LogP contribution in [0, 0.1) is 0 Å². The topological polar surface area (TPSA) is 58.1 Å². The molecule has 1 aliphatic heterocycles. The lowest BCUT2D eigenvalue weighted by Crippen LogP contribution is -2.34. The van der Waals surface area contributed by atoms with E-state index in [1.54, 1.807) is 12.4 Å². The van der Waals surface area contributed by atoms with Gasteiger partial charge in [-0.3, -0.25) is 19.7 Å². The zero-order valence-electron chi connectivity index (χ0n) is 17.0. The van der Waals surface area contributed by atoms with Crippen LogP contribution in [0.1, 0.15) is 36.9 Å². The Morgan fingerprint density at radius 1 is 1.17 bits per heavy atom. The molecule has 0 unspecified atom stereocenters. The molecule has 3 aromatic rings. The van der Waals surface area contributed by atoms with Crippen molar-refractivity contribution in [2.75, 3.05) is 18.4 Å². The summed E-state index contributed by atoms with van der Waals surface area (Å²) in [7, 11) is 0. The first-order valence-corrected chi connectivity index (χ1v) is 10.6. The lowest BCUT2D eigenvalue weighted by Gasteiger charge is -2.33. The molecule has 5 nitrogen and oxygen atoms in total. The van der Waals surface area contributed by atoms with Gasteiger partial charge in [-0.15, -0.1) is 0 Å². The molecule has 2 heterocycles. The highest BCUT2D eigenvalue weighted by molar-refractivity contribution is 6.30. The smallest absolute Gasteiger partial charge is 0.221 e. The summed E-state index contributed by atoms with van der Waals surface area (Å²) in [6, 6.07) is 15.9. The van der Waals surface area contributed by atoms with Gasteiger partial charge in [-0.25, -0.2) is 0 Å². The van der Waals surface area contributed by atoms with Gasteiger partial charge in [0.1, 0.15) is 0 Å². The van der Waals surface area contributed by atoms with Gasteiger partial charge in [-0.2, -0.15) is 0 Å². The zero-order valence-corrected chi connectivity index (χ0v) is 17.8. The lowest BCUT2D eigenvalue weighted by atomic mass is 9.91. The minimum absolute atomic E-state index is 0.0545. The molecule has 30 heavy (non-hydrogen) atoms. The molecule has 1 aromatic heterocycles. The minimum atomic E-state index is -0.0545. The Hall–Kier alpha value is -2.76. The van der Waals surface area contributed by atoms with E-state index in [1.807, 2.05) is 36.4 Å². The standard InChI is InChI=1S/C24H25ClN4O/c1-17(30)28-22-9-7-18(8-10-22)15-29-13-3-5-20(16-29)24-23(26-11-12-27-24)19-4-2-6-21(25)14-19/h2,4,6-12,14,20H,3,5,13,15-16H2,1H3,(H,28,30)/t20-/m1/s1. The number of amides is 1. The number of likely N-dealkylation sites (tertiary alicyclic amines) is 1. The molecule has 2 aromatic carbocycles. The molecule has 1 N–H and O–H groups in total. The normalized spacial score (nSPS) is 16.9. The maximum absolute atomic E-state index is 11.2. The van der Waals surface area contributed by atoms with Gasteiger partial charge in [0.05, 0.1) is 11.4 Å². The first-order valence-electron chi connectivity index (χ1n) is 10.2. The van der Waals surface area contributed by atoms with Gasteiger partial charge in [0.2, 0.25) is 5.91 Å². The molecule has 6 heteroatoms. The van der Waals surface area contributed by atoms with Gasteiger partial charge in [0, 0.05) is 54.6 Å². The summed E-state index contributed by atoms with van der Waals surface area (Å²) in [6.45, 7) is 4.41. The number of anilines is 1. The highest BCUT2D eigenvalue weighted by Gasteiger charge is 2.25. The van der Waals surface area contributed by atoms with Crippen LogP contribution in [0.15, 0.2) is 60.9 Å². The molecular formula is C24H25ClN4O. The number of benzene rings is 2.